The number of hydrogen-bond donors (Lipinski definition) is 1. The lowest BCUT2D eigenvalue weighted by Crippen LogP contribution is -2.44. The van der Waals surface area contributed by atoms with Crippen LogP contribution in [-0.4, -0.2) is 62.0 Å². The van der Waals surface area contributed by atoms with Crippen LogP contribution in [0.2, 0.25) is 0 Å². The Morgan fingerprint density at radius 2 is 2.22 bits per heavy atom. The van der Waals surface area contributed by atoms with E-state index in [1.54, 1.807) is 41.9 Å². The lowest BCUT2D eigenvalue weighted by Gasteiger charge is -2.35. The van der Waals surface area contributed by atoms with Gasteiger partial charge in [0.1, 0.15) is 12.4 Å². The number of anilines is 1. The summed E-state index contributed by atoms with van der Waals surface area (Å²) in [7, 11) is 5.38. The topological polar surface area (TPSA) is 74.8 Å². The fourth-order valence-corrected chi connectivity index (χ4v) is 3.57. The average molecular weight is 388 g/mol. The Bertz CT molecular complexity index is 807. The highest BCUT2D eigenvalue weighted by atomic mass is 32.1. The van der Waals surface area contributed by atoms with Crippen LogP contribution in [0, 0.1) is 0 Å². The van der Waals surface area contributed by atoms with Gasteiger partial charge in [0.05, 0.1) is 29.4 Å². The van der Waals surface area contributed by atoms with E-state index in [4.69, 9.17) is 4.74 Å². The van der Waals surface area contributed by atoms with Gasteiger partial charge >= 0.3 is 0 Å². The Balaban J connectivity index is 1.60. The zero-order valence-corrected chi connectivity index (χ0v) is 16.6. The van der Waals surface area contributed by atoms with E-state index in [1.807, 2.05) is 29.5 Å². The minimum Gasteiger partial charge on any atom is -0.489 e. The van der Waals surface area contributed by atoms with Crippen molar-refractivity contribution in [1.82, 2.24) is 15.2 Å². The number of amides is 2. The van der Waals surface area contributed by atoms with Gasteiger partial charge in [-0.3, -0.25) is 9.59 Å². The van der Waals surface area contributed by atoms with E-state index in [1.165, 1.54) is 0 Å². The maximum absolute atomic E-state index is 12.3. The maximum Gasteiger partial charge on any atom is 0.253 e. The van der Waals surface area contributed by atoms with Gasteiger partial charge < -0.3 is 19.9 Å². The molecule has 0 radical (unpaired) electrons. The number of thiazole rings is 1. The van der Waals surface area contributed by atoms with Gasteiger partial charge in [0.15, 0.2) is 0 Å². The minimum absolute atomic E-state index is 0.0188. The number of benzene rings is 1. The first-order valence-electron chi connectivity index (χ1n) is 8.81. The first kappa shape index (κ1) is 19.2. The molecule has 8 heteroatoms. The number of ether oxygens (including phenoxy) is 1. The van der Waals surface area contributed by atoms with Gasteiger partial charge in [0.25, 0.3) is 5.91 Å². The Morgan fingerprint density at radius 3 is 2.93 bits per heavy atom. The summed E-state index contributed by atoms with van der Waals surface area (Å²) in [5.41, 5.74) is 4.21. The molecule has 1 aromatic carbocycles. The molecule has 0 saturated heterocycles. The Kier molecular flexibility index (Phi) is 5.95. The summed E-state index contributed by atoms with van der Waals surface area (Å²) in [6, 6.07) is 5.32. The third-order valence-electron chi connectivity index (χ3n) is 4.58. The third-order valence-corrected chi connectivity index (χ3v) is 5.21. The van der Waals surface area contributed by atoms with Crippen molar-refractivity contribution in [3.05, 3.63) is 40.3 Å². The van der Waals surface area contributed by atoms with Gasteiger partial charge in [-0.25, -0.2) is 4.98 Å². The maximum atomic E-state index is 12.3. The van der Waals surface area contributed by atoms with Crippen molar-refractivity contribution in [2.75, 3.05) is 39.2 Å². The molecule has 2 amide bonds. The van der Waals surface area contributed by atoms with Crippen LogP contribution in [0.15, 0.2) is 29.1 Å². The van der Waals surface area contributed by atoms with E-state index < -0.39 is 0 Å². The molecule has 0 bridgehead atoms. The smallest absolute Gasteiger partial charge is 0.253 e. The Morgan fingerprint density at radius 1 is 1.41 bits per heavy atom. The van der Waals surface area contributed by atoms with Crippen molar-refractivity contribution in [3.8, 4) is 5.75 Å². The van der Waals surface area contributed by atoms with E-state index in [0.717, 1.165) is 23.6 Å². The number of hydrogen-bond acceptors (Lipinski definition) is 6. The molecule has 0 fully saturated rings. The molecule has 0 spiro atoms. The van der Waals surface area contributed by atoms with E-state index in [-0.39, 0.29) is 17.9 Å². The van der Waals surface area contributed by atoms with Gasteiger partial charge in [-0.05, 0) is 18.2 Å². The monoisotopic (exact) mass is 388 g/mol. The number of carbonyl (C=O) groups is 2. The van der Waals surface area contributed by atoms with Gasteiger partial charge in [-0.15, -0.1) is 11.3 Å². The van der Waals surface area contributed by atoms with Crippen LogP contribution in [0.1, 0.15) is 22.5 Å². The number of carbonyl (C=O) groups excluding carboxylic acids is 2. The standard InChI is InChI=1S/C19H24N4O3S/c1-22(2)19(25)13-4-5-17-16(8-13)23(3)15(10-26-17)9-18(24)20-7-6-14-11-27-12-21-14/h4-5,8,11-12,15H,6-7,9-10H2,1-3H3,(H,20,24)/t15-/m0/s1. The second-order valence-electron chi connectivity index (χ2n) is 6.74. The molecule has 1 aliphatic heterocycles. The Labute approximate surface area is 162 Å². The Hall–Kier alpha value is -2.61. The van der Waals surface area contributed by atoms with Crippen LogP contribution in [0.3, 0.4) is 0 Å². The molecule has 2 heterocycles. The zero-order valence-electron chi connectivity index (χ0n) is 15.8. The molecule has 0 aliphatic carbocycles. The third kappa shape index (κ3) is 4.57. The first-order chi connectivity index (χ1) is 13.0. The van der Waals surface area contributed by atoms with E-state index in [2.05, 4.69) is 10.3 Å². The minimum atomic E-state index is -0.0820. The number of nitrogens with one attached hydrogen (secondary N) is 1. The van der Waals surface area contributed by atoms with Gasteiger partial charge in [0, 0.05) is 45.1 Å². The molecule has 1 atom stereocenters. The summed E-state index contributed by atoms with van der Waals surface area (Å²) in [4.78, 5) is 32.3. The molecule has 0 unspecified atom stereocenters. The molecule has 1 N–H and O–H groups in total. The zero-order chi connectivity index (χ0) is 19.4. The lowest BCUT2D eigenvalue weighted by atomic mass is 10.1. The molecule has 7 nitrogen and oxygen atoms in total. The lowest BCUT2D eigenvalue weighted by molar-refractivity contribution is -0.121. The second kappa shape index (κ2) is 8.39. The number of nitrogens with zero attached hydrogens (tertiary/aromatic N) is 3. The average Bonchev–Trinajstić information content (AvgIpc) is 3.16. The van der Waals surface area contributed by atoms with Crippen LogP contribution >= 0.6 is 11.3 Å². The summed E-state index contributed by atoms with van der Waals surface area (Å²) < 4.78 is 5.81. The molecular formula is C19H24N4O3S. The molecular weight excluding hydrogens is 364 g/mol. The highest BCUT2D eigenvalue weighted by Crippen LogP contribution is 2.34. The largest absolute Gasteiger partial charge is 0.489 e. The summed E-state index contributed by atoms with van der Waals surface area (Å²) in [5, 5.41) is 4.92. The second-order valence-corrected chi connectivity index (χ2v) is 7.46. The van der Waals surface area contributed by atoms with Crippen LogP contribution in [0.4, 0.5) is 5.69 Å². The van der Waals surface area contributed by atoms with Crippen LogP contribution in [0.5, 0.6) is 5.75 Å². The number of rotatable bonds is 6. The molecule has 27 heavy (non-hydrogen) atoms. The van der Waals surface area contributed by atoms with Crippen molar-refractivity contribution in [1.29, 1.82) is 0 Å². The first-order valence-corrected chi connectivity index (χ1v) is 9.75. The quantitative estimate of drug-likeness (QED) is 0.817. The summed E-state index contributed by atoms with van der Waals surface area (Å²) in [6.45, 7) is 1.00. The summed E-state index contributed by atoms with van der Waals surface area (Å²) >= 11 is 1.55. The fourth-order valence-electron chi connectivity index (χ4n) is 2.97. The molecule has 144 valence electrons. The van der Waals surface area contributed by atoms with E-state index in [9.17, 15) is 9.59 Å². The predicted octanol–water partition coefficient (Wildman–Crippen LogP) is 1.79. The summed E-state index contributed by atoms with van der Waals surface area (Å²) in [5.74, 6) is 0.649. The summed E-state index contributed by atoms with van der Waals surface area (Å²) in [6.07, 6.45) is 1.06. The fraction of sp³-hybridized carbons (Fsp3) is 0.421. The van der Waals surface area contributed by atoms with Gasteiger partial charge in [-0.2, -0.15) is 0 Å². The van der Waals surface area contributed by atoms with Crippen LogP contribution < -0.4 is 15.0 Å². The van der Waals surface area contributed by atoms with Crippen molar-refractivity contribution in [2.24, 2.45) is 0 Å². The molecule has 0 saturated carbocycles. The van der Waals surface area contributed by atoms with Crippen molar-refractivity contribution in [2.45, 2.75) is 18.9 Å². The van der Waals surface area contributed by atoms with Crippen molar-refractivity contribution in [3.63, 3.8) is 0 Å². The van der Waals surface area contributed by atoms with Gasteiger partial charge in [0.2, 0.25) is 5.91 Å². The number of likely N-dealkylation sites (N-methyl/N-ethyl adjacent to an activating group) is 1. The predicted molar refractivity (Wildman–Crippen MR) is 106 cm³/mol. The molecule has 1 aliphatic rings. The SMILES string of the molecule is CN(C)C(=O)c1ccc2c(c1)N(C)[C@@H](CC(=O)NCCc1cscn1)CO2. The van der Waals surface area contributed by atoms with Crippen molar-refractivity contribution >= 4 is 28.8 Å². The number of aromatic nitrogens is 1. The highest BCUT2D eigenvalue weighted by Gasteiger charge is 2.27. The molecule has 2 aromatic rings. The highest BCUT2D eigenvalue weighted by molar-refractivity contribution is 7.07. The van der Waals surface area contributed by atoms with Crippen LogP contribution in [0.25, 0.3) is 0 Å². The van der Waals surface area contributed by atoms with E-state index >= 15 is 0 Å². The van der Waals surface area contributed by atoms with Gasteiger partial charge in [-0.1, -0.05) is 0 Å². The normalized spacial score (nSPS) is 15.7. The molecule has 3 rings (SSSR count). The number of fused-ring (bicyclic) bond motifs is 1. The van der Waals surface area contributed by atoms with Crippen LogP contribution in [-0.2, 0) is 11.2 Å². The molecule has 1 aromatic heterocycles. The van der Waals surface area contributed by atoms with E-state index in [0.29, 0.717) is 25.1 Å². The van der Waals surface area contributed by atoms with Crippen molar-refractivity contribution < 1.29 is 14.3 Å².